The van der Waals surface area contributed by atoms with Gasteiger partial charge < -0.3 is 14.6 Å². The number of carbonyl (C=O) groups is 1. The first-order chi connectivity index (χ1) is 9.10. The first kappa shape index (κ1) is 14.1. The van der Waals surface area contributed by atoms with Crippen LogP contribution in [0.25, 0.3) is 0 Å². The molecular weight excluding hydrogens is 240 g/mol. The summed E-state index contributed by atoms with van der Waals surface area (Å²) in [6, 6.07) is 4.47. The molecule has 19 heavy (non-hydrogen) atoms. The summed E-state index contributed by atoms with van der Waals surface area (Å²) in [6.45, 7) is 8.59. The number of piperidine rings is 1. The molecule has 1 aromatic heterocycles. The summed E-state index contributed by atoms with van der Waals surface area (Å²) >= 11 is 0. The van der Waals surface area contributed by atoms with Crippen LogP contribution < -0.4 is 5.32 Å². The molecule has 1 N–H and O–H groups in total. The molecular formula is C15H24N2O2. The molecule has 4 nitrogen and oxygen atoms in total. The lowest BCUT2D eigenvalue weighted by Crippen LogP contribution is -2.49. The van der Waals surface area contributed by atoms with Crippen LogP contribution in [0.4, 0.5) is 0 Å². The number of hydrogen-bond acceptors (Lipinski definition) is 3. The molecule has 1 aromatic rings. The maximum atomic E-state index is 11.7. The van der Waals surface area contributed by atoms with Crippen LogP contribution in [0.15, 0.2) is 16.5 Å². The fourth-order valence-corrected chi connectivity index (χ4v) is 2.71. The monoisotopic (exact) mass is 264 g/mol. The van der Waals surface area contributed by atoms with Gasteiger partial charge in [0.2, 0.25) is 5.91 Å². The number of hydrogen-bond donors (Lipinski definition) is 1. The van der Waals surface area contributed by atoms with Crippen LogP contribution in [0, 0.1) is 12.8 Å². The average molecular weight is 264 g/mol. The second-order valence-electron chi connectivity index (χ2n) is 5.46. The summed E-state index contributed by atoms with van der Waals surface area (Å²) in [4.78, 5) is 13.7. The molecule has 1 saturated heterocycles. The van der Waals surface area contributed by atoms with E-state index in [4.69, 9.17) is 4.42 Å². The zero-order chi connectivity index (χ0) is 13.8. The normalized spacial score (nSPS) is 23.6. The lowest BCUT2D eigenvalue weighted by atomic mass is 9.93. The zero-order valence-corrected chi connectivity index (χ0v) is 12.1. The van der Waals surface area contributed by atoms with Crippen molar-refractivity contribution in [3.05, 3.63) is 23.7 Å². The van der Waals surface area contributed by atoms with Crippen molar-refractivity contribution in [3.63, 3.8) is 0 Å². The van der Waals surface area contributed by atoms with Gasteiger partial charge in [-0.05, 0) is 31.4 Å². The first-order valence-corrected chi connectivity index (χ1v) is 7.16. The first-order valence-electron chi connectivity index (χ1n) is 7.16. The third kappa shape index (κ3) is 3.60. The van der Waals surface area contributed by atoms with Gasteiger partial charge in [0, 0.05) is 25.6 Å². The molecule has 106 valence electrons. The molecule has 0 spiro atoms. The van der Waals surface area contributed by atoms with Crippen LogP contribution in [0.1, 0.15) is 38.2 Å². The Kier molecular flexibility index (Phi) is 4.64. The van der Waals surface area contributed by atoms with Gasteiger partial charge >= 0.3 is 0 Å². The van der Waals surface area contributed by atoms with Crippen molar-refractivity contribution in [1.82, 2.24) is 10.2 Å². The summed E-state index contributed by atoms with van der Waals surface area (Å²) in [5, 5.41) is 3.55. The maximum Gasteiger partial charge on any atom is 0.222 e. The largest absolute Gasteiger partial charge is 0.465 e. The van der Waals surface area contributed by atoms with Crippen LogP contribution in [0.3, 0.4) is 0 Å². The van der Waals surface area contributed by atoms with Gasteiger partial charge in [0.15, 0.2) is 0 Å². The molecule has 1 fully saturated rings. The maximum absolute atomic E-state index is 11.7. The van der Waals surface area contributed by atoms with Gasteiger partial charge in [0.1, 0.15) is 11.5 Å². The van der Waals surface area contributed by atoms with Crippen molar-refractivity contribution in [2.75, 3.05) is 13.1 Å². The Bertz CT molecular complexity index is 428. The Morgan fingerprint density at radius 2 is 2.32 bits per heavy atom. The molecule has 0 saturated carbocycles. The number of nitrogens with one attached hydrogen (secondary N) is 1. The van der Waals surface area contributed by atoms with Gasteiger partial charge in [-0.25, -0.2) is 0 Å². The van der Waals surface area contributed by atoms with E-state index in [1.165, 1.54) is 0 Å². The molecule has 1 aliphatic heterocycles. The van der Waals surface area contributed by atoms with E-state index in [0.29, 0.717) is 18.4 Å². The molecule has 0 aliphatic carbocycles. The van der Waals surface area contributed by atoms with E-state index < -0.39 is 0 Å². The highest BCUT2D eigenvalue weighted by molar-refractivity contribution is 5.75. The summed E-state index contributed by atoms with van der Waals surface area (Å²) in [5.74, 6) is 2.69. The number of nitrogens with zero attached hydrogens (tertiary/aromatic N) is 1. The minimum Gasteiger partial charge on any atom is -0.465 e. The highest BCUT2D eigenvalue weighted by Crippen LogP contribution is 2.18. The second kappa shape index (κ2) is 6.24. The van der Waals surface area contributed by atoms with Crippen LogP contribution in [-0.4, -0.2) is 29.9 Å². The van der Waals surface area contributed by atoms with Crippen molar-refractivity contribution in [2.45, 2.75) is 46.2 Å². The Hall–Kier alpha value is -1.29. The molecule has 0 unspecified atom stereocenters. The van der Waals surface area contributed by atoms with E-state index in [0.717, 1.165) is 37.6 Å². The Morgan fingerprint density at radius 1 is 1.53 bits per heavy atom. The molecule has 2 heterocycles. The highest BCUT2D eigenvalue weighted by atomic mass is 16.3. The van der Waals surface area contributed by atoms with Crippen LogP contribution >= 0.6 is 0 Å². The van der Waals surface area contributed by atoms with Gasteiger partial charge in [0.05, 0.1) is 6.54 Å². The average Bonchev–Trinajstić information content (AvgIpc) is 2.82. The SMILES string of the molecule is CCC(=O)N1CC[C@@H](NCc2ccc(C)o2)[C@@H](C)C1. The predicted octanol–water partition coefficient (Wildman–Crippen LogP) is 2.32. The number of likely N-dealkylation sites (tertiary alicyclic amines) is 1. The van der Waals surface area contributed by atoms with Crippen molar-refractivity contribution in [1.29, 1.82) is 0 Å². The van der Waals surface area contributed by atoms with Crippen LogP contribution in [0.5, 0.6) is 0 Å². The topological polar surface area (TPSA) is 45.5 Å². The fourth-order valence-electron chi connectivity index (χ4n) is 2.71. The van der Waals surface area contributed by atoms with Gasteiger partial charge in [-0.1, -0.05) is 13.8 Å². The van der Waals surface area contributed by atoms with Crippen LogP contribution in [-0.2, 0) is 11.3 Å². The van der Waals surface area contributed by atoms with E-state index in [1.54, 1.807) is 0 Å². The number of carbonyl (C=O) groups excluding carboxylic acids is 1. The molecule has 4 heteroatoms. The minimum absolute atomic E-state index is 0.270. The molecule has 1 amide bonds. The highest BCUT2D eigenvalue weighted by Gasteiger charge is 2.27. The number of rotatable bonds is 4. The molecule has 0 aromatic carbocycles. The third-order valence-corrected chi connectivity index (χ3v) is 3.89. The van der Waals surface area contributed by atoms with E-state index in [1.807, 2.05) is 30.9 Å². The Morgan fingerprint density at radius 3 is 2.89 bits per heavy atom. The van der Waals surface area contributed by atoms with E-state index in [9.17, 15) is 4.79 Å². The number of amides is 1. The van der Waals surface area contributed by atoms with E-state index in [2.05, 4.69) is 12.2 Å². The van der Waals surface area contributed by atoms with Crippen molar-refractivity contribution < 1.29 is 9.21 Å². The van der Waals surface area contributed by atoms with Gasteiger partial charge in [0.25, 0.3) is 0 Å². The summed E-state index contributed by atoms with van der Waals surface area (Å²) < 4.78 is 5.56. The van der Waals surface area contributed by atoms with E-state index >= 15 is 0 Å². The lowest BCUT2D eigenvalue weighted by molar-refractivity contribution is -0.132. The van der Waals surface area contributed by atoms with E-state index in [-0.39, 0.29) is 5.91 Å². The molecule has 0 bridgehead atoms. The predicted molar refractivity (Wildman–Crippen MR) is 74.7 cm³/mol. The number of aryl methyl sites for hydroxylation is 1. The quantitative estimate of drug-likeness (QED) is 0.907. The Labute approximate surface area is 115 Å². The lowest BCUT2D eigenvalue weighted by Gasteiger charge is -2.37. The van der Waals surface area contributed by atoms with Crippen molar-refractivity contribution in [2.24, 2.45) is 5.92 Å². The summed E-state index contributed by atoms with van der Waals surface area (Å²) in [5.41, 5.74) is 0. The van der Waals surface area contributed by atoms with Gasteiger partial charge in [-0.3, -0.25) is 4.79 Å². The molecule has 0 radical (unpaired) electrons. The fraction of sp³-hybridized carbons (Fsp3) is 0.667. The standard InChI is InChI=1S/C15H24N2O2/c1-4-15(18)17-8-7-14(11(2)10-17)16-9-13-6-5-12(3)19-13/h5-6,11,14,16H,4,7-10H2,1-3H3/t11-,14+/m0/s1. The third-order valence-electron chi connectivity index (χ3n) is 3.89. The molecule has 1 aliphatic rings. The molecule has 2 atom stereocenters. The second-order valence-corrected chi connectivity index (χ2v) is 5.46. The molecule has 2 rings (SSSR count). The number of furan rings is 1. The minimum atomic E-state index is 0.270. The summed E-state index contributed by atoms with van der Waals surface area (Å²) in [6.07, 6.45) is 1.63. The van der Waals surface area contributed by atoms with Crippen molar-refractivity contribution >= 4 is 5.91 Å². The zero-order valence-electron chi connectivity index (χ0n) is 12.1. The van der Waals surface area contributed by atoms with Gasteiger partial charge in [-0.2, -0.15) is 0 Å². The smallest absolute Gasteiger partial charge is 0.222 e. The van der Waals surface area contributed by atoms with Crippen molar-refractivity contribution in [3.8, 4) is 0 Å². The summed E-state index contributed by atoms with van der Waals surface area (Å²) in [7, 11) is 0. The Balaban J connectivity index is 1.81. The van der Waals surface area contributed by atoms with Gasteiger partial charge in [-0.15, -0.1) is 0 Å². The van der Waals surface area contributed by atoms with Crippen LogP contribution in [0.2, 0.25) is 0 Å².